The van der Waals surface area contributed by atoms with Crippen LogP contribution in [0.25, 0.3) is 0 Å². The van der Waals surface area contributed by atoms with Gasteiger partial charge in [0.1, 0.15) is 5.75 Å². The molecule has 0 saturated heterocycles. The molecule has 1 unspecified atom stereocenters. The molecule has 0 spiro atoms. The highest BCUT2D eigenvalue weighted by molar-refractivity contribution is 7.09. The minimum atomic E-state index is 0.256. The number of nitrogens with one attached hydrogen (secondary N) is 1. The fourth-order valence-electron chi connectivity index (χ4n) is 2.39. The van der Waals surface area contributed by atoms with Crippen molar-refractivity contribution in [2.45, 2.75) is 33.2 Å². The van der Waals surface area contributed by atoms with Crippen LogP contribution in [0, 0.1) is 13.8 Å². The van der Waals surface area contributed by atoms with Crippen LogP contribution in [0.3, 0.4) is 0 Å². The number of hydrogen-bond acceptors (Lipinski definition) is 5. The van der Waals surface area contributed by atoms with Crippen molar-refractivity contribution < 1.29 is 4.74 Å². The number of rotatable bonds is 6. The van der Waals surface area contributed by atoms with Crippen molar-refractivity contribution in [3.63, 3.8) is 0 Å². The second-order valence-corrected chi connectivity index (χ2v) is 5.68. The predicted molar refractivity (Wildman–Crippen MR) is 82.5 cm³/mol. The van der Waals surface area contributed by atoms with Gasteiger partial charge in [-0.15, -0.1) is 11.3 Å². The monoisotopic (exact) mass is 291 g/mol. The minimum Gasteiger partial charge on any atom is -0.496 e. The van der Waals surface area contributed by atoms with Gasteiger partial charge in [-0.05, 0) is 20.4 Å². The molecule has 0 amide bonds. The first-order valence-corrected chi connectivity index (χ1v) is 7.66. The molecule has 0 radical (unpaired) electrons. The molecule has 0 aliphatic rings. The zero-order valence-corrected chi connectivity index (χ0v) is 13.3. The lowest BCUT2D eigenvalue weighted by atomic mass is 10.0. The van der Waals surface area contributed by atoms with Crippen molar-refractivity contribution in [1.29, 1.82) is 0 Å². The van der Waals surface area contributed by atoms with Crippen LogP contribution in [0.4, 0.5) is 0 Å². The average molecular weight is 291 g/mol. The summed E-state index contributed by atoms with van der Waals surface area (Å²) in [5, 5.41) is 3.50. The number of aromatic nitrogens is 2. The molecular weight excluding hydrogens is 270 g/mol. The first kappa shape index (κ1) is 14.9. The smallest absolute Gasteiger partial charge is 0.128 e. The molecule has 108 valence electrons. The van der Waals surface area contributed by atoms with Crippen LogP contribution < -0.4 is 10.1 Å². The molecule has 0 aromatic carbocycles. The van der Waals surface area contributed by atoms with Gasteiger partial charge in [-0.1, -0.05) is 6.92 Å². The van der Waals surface area contributed by atoms with E-state index in [1.807, 2.05) is 24.8 Å². The molecule has 0 fully saturated rings. The van der Waals surface area contributed by atoms with E-state index in [1.165, 1.54) is 4.88 Å². The van der Waals surface area contributed by atoms with E-state index < -0.39 is 0 Å². The van der Waals surface area contributed by atoms with Crippen LogP contribution in [0.1, 0.15) is 34.7 Å². The summed E-state index contributed by atoms with van der Waals surface area (Å²) in [7, 11) is 1.71. The highest BCUT2D eigenvalue weighted by Crippen LogP contribution is 2.28. The van der Waals surface area contributed by atoms with Crippen LogP contribution >= 0.6 is 11.3 Å². The van der Waals surface area contributed by atoms with Crippen molar-refractivity contribution >= 4 is 11.3 Å². The number of likely N-dealkylation sites (N-methyl/N-ethyl adjacent to an activating group) is 1. The first-order chi connectivity index (χ1) is 9.67. The van der Waals surface area contributed by atoms with Crippen LogP contribution in [0.2, 0.25) is 0 Å². The van der Waals surface area contributed by atoms with E-state index in [4.69, 9.17) is 4.74 Å². The zero-order chi connectivity index (χ0) is 14.5. The quantitative estimate of drug-likeness (QED) is 0.888. The maximum absolute atomic E-state index is 5.48. The largest absolute Gasteiger partial charge is 0.496 e. The molecule has 4 nitrogen and oxygen atoms in total. The fourth-order valence-corrected chi connectivity index (χ4v) is 3.08. The summed E-state index contributed by atoms with van der Waals surface area (Å²) in [6.07, 6.45) is 4.66. The Morgan fingerprint density at radius 2 is 2.15 bits per heavy atom. The molecular formula is C15H21N3OS. The lowest BCUT2D eigenvalue weighted by Gasteiger charge is -2.18. The lowest BCUT2D eigenvalue weighted by molar-refractivity contribution is 0.406. The molecule has 0 saturated carbocycles. The highest BCUT2D eigenvalue weighted by atomic mass is 32.1. The van der Waals surface area contributed by atoms with E-state index >= 15 is 0 Å². The molecule has 20 heavy (non-hydrogen) atoms. The van der Waals surface area contributed by atoms with Gasteiger partial charge in [0.05, 0.1) is 12.6 Å². The van der Waals surface area contributed by atoms with Gasteiger partial charge in [-0.3, -0.25) is 9.97 Å². The Morgan fingerprint density at radius 3 is 2.75 bits per heavy atom. The van der Waals surface area contributed by atoms with Gasteiger partial charge in [0, 0.05) is 46.6 Å². The SMILES string of the molecule is CCNC(Cc1ncc(C)c(OC)c1C)c1cncs1. The topological polar surface area (TPSA) is 47.0 Å². The third-order valence-electron chi connectivity index (χ3n) is 3.39. The van der Waals surface area contributed by atoms with E-state index in [0.29, 0.717) is 0 Å². The average Bonchev–Trinajstić information content (AvgIpc) is 2.95. The lowest BCUT2D eigenvalue weighted by Crippen LogP contribution is -2.23. The molecule has 0 aliphatic heterocycles. The number of ether oxygens (including phenoxy) is 1. The Balaban J connectivity index is 2.27. The summed E-state index contributed by atoms with van der Waals surface area (Å²) in [5.41, 5.74) is 5.15. The van der Waals surface area contributed by atoms with E-state index in [9.17, 15) is 0 Å². The number of hydrogen-bond donors (Lipinski definition) is 1. The minimum absolute atomic E-state index is 0.256. The van der Waals surface area contributed by atoms with Gasteiger partial charge in [-0.25, -0.2) is 0 Å². The molecule has 1 N–H and O–H groups in total. The molecule has 2 rings (SSSR count). The van der Waals surface area contributed by atoms with Crippen molar-refractivity contribution in [2.75, 3.05) is 13.7 Å². The van der Waals surface area contributed by atoms with Gasteiger partial charge >= 0.3 is 0 Å². The number of pyridine rings is 1. The molecule has 0 bridgehead atoms. The van der Waals surface area contributed by atoms with Gasteiger partial charge < -0.3 is 10.1 Å². The Morgan fingerprint density at radius 1 is 1.35 bits per heavy atom. The summed E-state index contributed by atoms with van der Waals surface area (Å²) in [5.74, 6) is 0.939. The second-order valence-electron chi connectivity index (χ2n) is 4.76. The van der Waals surface area contributed by atoms with Crippen LogP contribution in [-0.2, 0) is 6.42 Å². The normalized spacial score (nSPS) is 12.4. The van der Waals surface area contributed by atoms with Crippen molar-refractivity contribution in [2.24, 2.45) is 0 Å². The molecule has 0 aliphatic carbocycles. The van der Waals surface area contributed by atoms with Gasteiger partial charge in [-0.2, -0.15) is 0 Å². The van der Waals surface area contributed by atoms with Crippen LogP contribution in [0.15, 0.2) is 17.9 Å². The Hall–Kier alpha value is -1.46. The number of methoxy groups -OCH3 is 1. The van der Waals surface area contributed by atoms with Crippen LogP contribution in [0.5, 0.6) is 5.75 Å². The second kappa shape index (κ2) is 6.81. The fraction of sp³-hybridized carbons (Fsp3) is 0.467. The predicted octanol–water partition coefficient (Wildman–Crippen LogP) is 3.06. The Kier molecular flexibility index (Phi) is 5.09. The molecule has 2 aromatic rings. The first-order valence-electron chi connectivity index (χ1n) is 6.78. The van der Waals surface area contributed by atoms with E-state index in [-0.39, 0.29) is 6.04 Å². The number of thiazole rings is 1. The van der Waals surface area contributed by atoms with E-state index in [2.05, 4.69) is 29.1 Å². The van der Waals surface area contributed by atoms with E-state index in [0.717, 1.165) is 35.5 Å². The van der Waals surface area contributed by atoms with Crippen molar-refractivity contribution in [3.8, 4) is 5.75 Å². The third kappa shape index (κ3) is 3.16. The van der Waals surface area contributed by atoms with Crippen molar-refractivity contribution in [1.82, 2.24) is 15.3 Å². The molecule has 2 heterocycles. The number of nitrogens with zero attached hydrogens (tertiary/aromatic N) is 2. The number of aryl methyl sites for hydroxylation is 1. The molecule has 5 heteroatoms. The van der Waals surface area contributed by atoms with Crippen molar-refractivity contribution in [3.05, 3.63) is 39.6 Å². The molecule has 2 aromatic heterocycles. The Bertz CT molecular complexity index is 554. The maximum Gasteiger partial charge on any atom is 0.128 e. The van der Waals surface area contributed by atoms with Gasteiger partial charge in [0.2, 0.25) is 0 Å². The van der Waals surface area contributed by atoms with Gasteiger partial charge in [0.15, 0.2) is 0 Å². The Labute approximate surface area is 124 Å². The molecule has 1 atom stereocenters. The third-order valence-corrected chi connectivity index (χ3v) is 4.28. The van der Waals surface area contributed by atoms with E-state index in [1.54, 1.807) is 18.4 Å². The summed E-state index contributed by atoms with van der Waals surface area (Å²) in [6.45, 7) is 7.13. The summed E-state index contributed by atoms with van der Waals surface area (Å²) >= 11 is 1.68. The van der Waals surface area contributed by atoms with Gasteiger partial charge in [0.25, 0.3) is 0 Å². The summed E-state index contributed by atoms with van der Waals surface area (Å²) < 4.78 is 5.48. The summed E-state index contributed by atoms with van der Waals surface area (Å²) in [6, 6.07) is 0.256. The summed E-state index contributed by atoms with van der Waals surface area (Å²) in [4.78, 5) is 10.00. The standard InChI is InChI=1S/C15H21N3OS/c1-5-17-13(14-8-16-9-20-14)6-12-11(3)15(19-4)10(2)7-18-12/h7-9,13,17H,5-6H2,1-4H3. The highest BCUT2D eigenvalue weighted by Gasteiger charge is 2.17. The van der Waals surface area contributed by atoms with Crippen LogP contribution in [-0.4, -0.2) is 23.6 Å². The maximum atomic E-state index is 5.48. The zero-order valence-electron chi connectivity index (χ0n) is 12.4.